The topological polar surface area (TPSA) is 77.8 Å². The molecule has 0 aliphatic heterocycles. The van der Waals surface area contributed by atoms with Gasteiger partial charge >= 0.3 is 5.97 Å². The summed E-state index contributed by atoms with van der Waals surface area (Å²) < 4.78 is 16.0. The first-order chi connectivity index (χ1) is 13.6. The van der Waals surface area contributed by atoms with Crippen LogP contribution < -0.4 is 10.1 Å². The maximum atomic E-state index is 12.0. The molecule has 1 amide bonds. The van der Waals surface area contributed by atoms with E-state index in [1.165, 1.54) is 6.07 Å². The molecular weight excluding hydrogens is 378 g/mol. The summed E-state index contributed by atoms with van der Waals surface area (Å²) in [6.07, 6.45) is 1.95. The molecule has 7 heteroatoms. The molecule has 0 aliphatic rings. The Morgan fingerprint density at radius 3 is 2.64 bits per heavy atom. The first-order valence-corrected chi connectivity index (χ1v) is 9.74. The number of carbonyl (C=O) groups excluding carboxylic acids is 2. The highest BCUT2D eigenvalue weighted by Gasteiger charge is 2.15. The molecular formula is C21H19NO5S. The highest BCUT2D eigenvalue weighted by Crippen LogP contribution is 2.19. The van der Waals surface area contributed by atoms with E-state index in [9.17, 15) is 9.59 Å². The Morgan fingerprint density at radius 1 is 1.04 bits per heavy atom. The van der Waals surface area contributed by atoms with Crippen LogP contribution in [0.2, 0.25) is 0 Å². The SMILES string of the molecule is CSc1cccc(NC(=O)COC(=O)c2ccc(COc3ccccc3)o2)c1. The van der Waals surface area contributed by atoms with Gasteiger partial charge < -0.3 is 19.2 Å². The van der Waals surface area contributed by atoms with E-state index in [0.717, 1.165) is 4.90 Å². The summed E-state index contributed by atoms with van der Waals surface area (Å²) in [6, 6.07) is 19.8. The summed E-state index contributed by atoms with van der Waals surface area (Å²) in [5.41, 5.74) is 0.645. The Labute approximate surface area is 166 Å². The van der Waals surface area contributed by atoms with Crippen LogP contribution in [-0.2, 0) is 16.1 Å². The molecule has 0 saturated heterocycles. The minimum Gasteiger partial charge on any atom is -0.486 e. The van der Waals surface area contributed by atoms with Gasteiger partial charge in [0.15, 0.2) is 6.61 Å². The van der Waals surface area contributed by atoms with Crippen LogP contribution >= 0.6 is 11.8 Å². The summed E-state index contributed by atoms with van der Waals surface area (Å²) in [6.45, 7) is -0.220. The average molecular weight is 397 g/mol. The summed E-state index contributed by atoms with van der Waals surface area (Å²) in [5.74, 6) is 0.0630. The fraction of sp³-hybridized carbons (Fsp3) is 0.143. The molecule has 0 fully saturated rings. The van der Waals surface area contributed by atoms with E-state index in [4.69, 9.17) is 13.9 Å². The smallest absolute Gasteiger partial charge is 0.374 e. The summed E-state index contributed by atoms with van der Waals surface area (Å²) in [5, 5.41) is 2.69. The van der Waals surface area contributed by atoms with E-state index >= 15 is 0 Å². The molecule has 28 heavy (non-hydrogen) atoms. The maximum absolute atomic E-state index is 12.0. The van der Waals surface area contributed by atoms with Crippen LogP contribution in [0.5, 0.6) is 5.75 Å². The van der Waals surface area contributed by atoms with Gasteiger partial charge in [-0.1, -0.05) is 24.3 Å². The highest BCUT2D eigenvalue weighted by atomic mass is 32.2. The van der Waals surface area contributed by atoms with Crippen LogP contribution in [0, 0.1) is 0 Å². The van der Waals surface area contributed by atoms with Gasteiger partial charge in [-0.2, -0.15) is 0 Å². The maximum Gasteiger partial charge on any atom is 0.374 e. The van der Waals surface area contributed by atoms with E-state index in [1.807, 2.05) is 54.8 Å². The quantitative estimate of drug-likeness (QED) is 0.449. The fourth-order valence-corrected chi connectivity index (χ4v) is 2.80. The molecule has 3 aromatic rings. The monoisotopic (exact) mass is 397 g/mol. The predicted molar refractivity (Wildman–Crippen MR) is 107 cm³/mol. The van der Waals surface area contributed by atoms with Gasteiger partial charge in [0, 0.05) is 10.6 Å². The van der Waals surface area contributed by atoms with Gasteiger partial charge in [-0.05, 0) is 48.7 Å². The molecule has 1 N–H and O–H groups in total. The van der Waals surface area contributed by atoms with E-state index in [0.29, 0.717) is 17.2 Å². The van der Waals surface area contributed by atoms with Crippen molar-refractivity contribution >= 4 is 29.3 Å². The van der Waals surface area contributed by atoms with Crippen LogP contribution in [0.4, 0.5) is 5.69 Å². The number of ether oxygens (including phenoxy) is 2. The van der Waals surface area contributed by atoms with E-state index < -0.39 is 18.5 Å². The van der Waals surface area contributed by atoms with Crippen LogP contribution in [0.15, 0.2) is 76.0 Å². The van der Waals surface area contributed by atoms with Gasteiger partial charge in [0.05, 0.1) is 0 Å². The van der Waals surface area contributed by atoms with Gasteiger partial charge in [-0.25, -0.2) is 4.79 Å². The minimum absolute atomic E-state index is 0.0174. The van der Waals surface area contributed by atoms with Gasteiger partial charge in [-0.3, -0.25) is 4.79 Å². The lowest BCUT2D eigenvalue weighted by Gasteiger charge is -2.07. The number of rotatable bonds is 8. The Balaban J connectivity index is 1.46. The second kappa shape index (κ2) is 9.66. The number of thioether (sulfide) groups is 1. The number of carbonyl (C=O) groups is 2. The van der Waals surface area contributed by atoms with Crippen molar-refractivity contribution in [2.45, 2.75) is 11.5 Å². The van der Waals surface area contributed by atoms with Gasteiger partial charge in [-0.15, -0.1) is 11.8 Å². The predicted octanol–water partition coefficient (Wildman–Crippen LogP) is 4.38. The van der Waals surface area contributed by atoms with Crippen molar-refractivity contribution in [2.24, 2.45) is 0 Å². The van der Waals surface area contributed by atoms with Crippen molar-refractivity contribution in [2.75, 3.05) is 18.2 Å². The average Bonchev–Trinajstić information content (AvgIpc) is 3.20. The van der Waals surface area contributed by atoms with E-state index in [1.54, 1.807) is 23.9 Å². The number of hydrogen-bond acceptors (Lipinski definition) is 6. The van der Waals surface area contributed by atoms with Gasteiger partial charge in [0.25, 0.3) is 5.91 Å². The van der Waals surface area contributed by atoms with E-state index in [2.05, 4.69) is 5.32 Å². The molecule has 0 unspecified atom stereocenters. The molecule has 1 heterocycles. The van der Waals surface area contributed by atoms with Crippen molar-refractivity contribution in [1.82, 2.24) is 0 Å². The normalized spacial score (nSPS) is 10.3. The van der Waals surface area contributed by atoms with Crippen LogP contribution in [0.3, 0.4) is 0 Å². The van der Waals surface area contributed by atoms with Crippen molar-refractivity contribution in [3.8, 4) is 5.75 Å². The number of anilines is 1. The number of esters is 1. The Bertz CT molecular complexity index is 939. The summed E-state index contributed by atoms with van der Waals surface area (Å²) in [4.78, 5) is 25.0. The third kappa shape index (κ3) is 5.65. The number of para-hydroxylation sites is 1. The van der Waals surface area contributed by atoms with Crippen molar-refractivity contribution < 1.29 is 23.5 Å². The largest absolute Gasteiger partial charge is 0.486 e. The van der Waals surface area contributed by atoms with Crippen LogP contribution in [0.25, 0.3) is 0 Å². The Morgan fingerprint density at radius 2 is 1.86 bits per heavy atom. The van der Waals surface area contributed by atoms with E-state index in [-0.39, 0.29) is 12.4 Å². The Kier molecular flexibility index (Phi) is 6.75. The molecule has 0 spiro atoms. The zero-order valence-corrected chi connectivity index (χ0v) is 16.0. The molecule has 1 aromatic heterocycles. The molecule has 0 saturated carbocycles. The number of amides is 1. The third-order valence-electron chi connectivity index (χ3n) is 3.67. The van der Waals surface area contributed by atoms with Gasteiger partial charge in [0.2, 0.25) is 5.76 Å². The summed E-state index contributed by atoms with van der Waals surface area (Å²) >= 11 is 1.57. The number of hydrogen-bond donors (Lipinski definition) is 1. The zero-order valence-electron chi connectivity index (χ0n) is 15.2. The lowest BCUT2D eigenvalue weighted by Crippen LogP contribution is -2.20. The summed E-state index contributed by atoms with van der Waals surface area (Å²) in [7, 11) is 0. The number of furan rings is 1. The highest BCUT2D eigenvalue weighted by molar-refractivity contribution is 7.98. The fourth-order valence-electron chi connectivity index (χ4n) is 2.34. The lowest BCUT2D eigenvalue weighted by atomic mass is 10.3. The molecule has 0 aliphatic carbocycles. The minimum atomic E-state index is -0.709. The zero-order chi connectivity index (χ0) is 19.8. The molecule has 0 radical (unpaired) electrons. The first-order valence-electron chi connectivity index (χ1n) is 8.51. The molecule has 0 bridgehead atoms. The van der Waals surface area contributed by atoms with Crippen LogP contribution in [-0.4, -0.2) is 24.7 Å². The second-order valence-corrected chi connectivity index (χ2v) is 6.60. The number of nitrogens with one attached hydrogen (secondary N) is 1. The molecule has 0 atom stereocenters. The van der Waals surface area contributed by atoms with Crippen molar-refractivity contribution in [3.05, 3.63) is 78.3 Å². The molecule has 144 valence electrons. The van der Waals surface area contributed by atoms with Crippen LogP contribution in [0.1, 0.15) is 16.3 Å². The Hall–Kier alpha value is -3.19. The third-order valence-corrected chi connectivity index (χ3v) is 4.40. The van der Waals surface area contributed by atoms with Crippen molar-refractivity contribution in [3.63, 3.8) is 0 Å². The molecule has 3 rings (SSSR count). The number of benzene rings is 2. The second-order valence-electron chi connectivity index (χ2n) is 5.72. The van der Waals surface area contributed by atoms with Crippen molar-refractivity contribution in [1.29, 1.82) is 0 Å². The lowest BCUT2D eigenvalue weighted by molar-refractivity contribution is -0.119. The molecule has 6 nitrogen and oxygen atoms in total. The van der Waals surface area contributed by atoms with Gasteiger partial charge in [0.1, 0.15) is 18.1 Å². The standard InChI is InChI=1S/C21H19NO5S/c1-28-18-9-5-6-15(12-18)22-20(23)14-26-21(24)19-11-10-17(27-19)13-25-16-7-3-2-4-8-16/h2-12H,13-14H2,1H3,(H,22,23). The first kappa shape index (κ1) is 19.6. The molecule has 2 aromatic carbocycles.